The van der Waals surface area contributed by atoms with Crippen molar-refractivity contribution in [3.05, 3.63) is 60.0 Å². The Hall–Kier alpha value is -3.66. The number of carboxylic acid groups (broad SMARTS) is 1. The topological polar surface area (TPSA) is 108 Å². The number of nitrogens with two attached hydrogens (primary N) is 1. The van der Waals surface area contributed by atoms with Gasteiger partial charge in [0.2, 0.25) is 0 Å². The fraction of sp³-hybridized carbons (Fsp3) is 0.261. The molecule has 2 aromatic carbocycles. The summed E-state index contributed by atoms with van der Waals surface area (Å²) in [6.07, 6.45) is -4.48. The zero-order valence-electron chi connectivity index (χ0n) is 17.9. The predicted octanol–water partition coefficient (Wildman–Crippen LogP) is 3.89. The lowest BCUT2D eigenvalue weighted by Crippen LogP contribution is -2.32. The van der Waals surface area contributed by atoms with Crippen LogP contribution in [0, 0.1) is 0 Å². The largest absolute Gasteiger partial charge is 0.496 e. The smallest absolute Gasteiger partial charge is 0.396 e. The maximum Gasteiger partial charge on any atom is 0.396 e. The van der Waals surface area contributed by atoms with Crippen molar-refractivity contribution < 1.29 is 32.5 Å². The van der Waals surface area contributed by atoms with Crippen LogP contribution in [0.5, 0.6) is 11.5 Å². The quantitative estimate of drug-likeness (QED) is 0.524. The van der Waals surface area contributed by atoms with Crippen LogP contribution in [0.15, 0.2) is 48.7 Å². The van der Waals surface area contributed by atoms with Gasteiger partial charge in [0.15, 0.2) is 0 Å². The summed E-state index contributed by atoms with van der Waals surface area (Å²) >= 11 is 0. The molecule has 7 nitrogen and oxygen atoms in total. The van der Waals surface area contributed by atoms with Crippen LogP contribution in [-0.4, -0.2) is 47.5 Å². The molecule has 0 spiro atoms. The second kappa shape index (κ2) is 9.86. The zero-order chi connectivity index (χ0) is 24.2. The summed E-state index contributed by atoms with van der Waals surface area (Å²) in [7, 11) is 2.98. The second-order valence-electron chi connectivity index (χ2n) is 7.22. The Labute approximate surface area is 188 Å². The minimum Gasteiger partial charge on any atom is -0.496 e. The third-order valence-electron chi connectivity index (χ3n) is 4.89. The van der Waals surface area contributed by atoms with Crippen LogP contribution in [0.25, 0.3) is 22.4 Å². The summed E-state index contributed by atoms with van der Waals surface area (Å²) in [5.74, 6) is -0.586. The van der Waals surface area contributed by atoms with Crippen molar-refractivity contribution in [3.8, 4) is 33.9 Å². The number of aliphatic carboxylic acids is 1. The number of carbonyl (C=O) groups is 1. The Kier molecular flexibility index (Phi) is 7.17. The number of hydrogen-bond donors (Lipinski definition) is 2. The molecule has 10 heteroatoms. The van der Waals surface area contributed by atoms with Gasteiger partial charge in [-0.05, 0) is 41.8 Å². The van der Waals surface area contributed by atoms with Crippen molar-refractivity contribution in [3.63, 3.8) is 0 Å². The van der Waals surface area contributed by atoms with E-state index in [1.807, 2.05) is 0 Å². The van der Waals surface area contributed by atoms with Crippen molar-refractivity contribution in [2.45, 2.75) is 25.1 Å². The molecule has 0 aliphatic heterocycles. The van der Waals surface area contributed by atoms with E-state index in [1.54, 1.807) is 36.4 Å². The lowest BCUT2D eigenvalue weighted by Gasteiger charge is -2.18. The number of methoxy groups -OCH3 is 2. The van der Waals surface area contributed by atoms with Crippen LogP contribution in [0.4, 0.5) is 13.2 Å². The van der Waals surface area contributed by atoms with E-state index in [1.165, 1.54) is 26.5 Å². The van der Waals surface area contributed by atoms with Gasteiger partial charge in [0.25, 0.3) is 0 Å². The molecule has 33 heavy (non-hydrogen) atoms. The summed E-state index contributed by atoms with van der Waals surface area (Å²) in [4.78, 5) is 19.1. The maximum atomic E-state index is 12.9. The van der Waals surface area contributed by atoms with Gasteiger partial charge in [-0.3, -0.25) is 4.79 Å². The number of halogens is 3. The molecule has 0 aliphatic carbocycles. The molecule has 0 radical (unpaired) electrons. The Morgan fingerprint density at radius 1 is 1.09 bits per heavy atom. The molecular formula is C23H22F3N3O4. The van der Waals surface area contributed by atoms with Crippen molar-refractivity contribution in [1.82, 2.24) is 9.97 Å². The van der Waals surface area contributed by atoms with Gasteiger partial charge < -0.3 is 20.3 Å². The maximum absolute atomic E-state index is 12.9. The highest BCUT2D eigenvalue weighted by molar-refractivity contribution is 5.88. The average Bonchev–Trinajstić information content (AvgIpc) is 2.77. The standard InChI is InChI=1S/C23H22F3N3O4/c1-32-18-4-3-5-19(33-2)21(18)14-7-6-13(11-16(27)22(30)31)10-15(14)17-8-9-28-20(29-17)12-23(24,25)26/h3-10,16H,11-12,27H2,1-2H3,(H,30,31)/t16-/m0/s1. The number of carboxylic acids is 1. The van der Waals surface area contributed by atoms with Gasteiger partial charge in [-0.25, -0.2) is 9.97 Å². The van der Waals surface area contributed by atoms with Crippen LogP contribution >= 0.6 is 0 Å². The van der Waals surface area contributed by atoms with Gasteiger partial charge in [0.1, 0.15) is 29.8 Å². The van der Waals surface area contributed by atoms with Crippen molar-refractivity contribution in [2.75, 3.05) is 14.2 Å². The minimum atomic E-state index is -4.47. The van der Waals surface area contributed by atoms with Crippen molar-refractivity contribution >= 4 is 5.97 Å². The molecule has 0 fully saturated rings. The highest BCUT2D eigenvalue weighted by Crippen LogP contribution is 2.43. The summed E-state index contributed by atoms with van der Waals surface area (Å²) in [5.41, 5.74) is 8.10. The van der Waals surface area contributed by atoms with Gasteiger partial charge in [0, 0.05) is 11.8 Å². The first-order chi connectivity index (χ1) is 15.6. The first-order valence-corrected chi connectivity index (χ1v) is 9.84. The molecule has 0 bridgehead atoms. The highest BCUT2D eigenvalue weighted by Gasteiger charge is 2.29. The molecule has 0 unspecified atom stereocenters. The Morgan fingerprint density at radius 3 is 2.33 bits per heavy atom. The van der Waals surface area contributed by atoms with Gasteiger partial charge in [0.05, 0.1) is 25.5 Å². The number of benzene rings is 2. The van der Waals surface area contributed by atoms with Gasteiger partial charge in [-0.15, -0.1) is 0 Å². The summed E-state index contributed by atoms with van der Waals surface area (Å²) < 4.78 is 49.7. The molecule has 1 aromatic heterocycles. The predicted molar refractivity (Wildman–Crippen MR) is 115 cm³/mol. The van der Waals surface area contributed by atoms with Crippen LogP contribution < -0.4 is 15.2 Å². The molecule has 3 rings (SSSR count). The van der Waals surface area contributed by atoms with Gasteiger partial charge in [-0.1, -0.05) is 18.2 Å². The number of hydrogen-bond acceptors (Lipinski definition) is 6. The van der Waals surface area contributed by atoms with Gasteiger partial charge in [-0.2, -0.15) is 13.2 Å². The molecular weight excluding hydrogens is 439 g/mol. The number of alkyl halides is 3. The monoisotopic (exact) mass is 461 g/mol. The first kappa shape index (κ1) is 24.0. The van der Waals surface area contributed by atoms with Crippen LogP contribution in [-0.2, 0) is 17.6 Å². The highest BCUT2D eigenvalue weighted by atomic mass is 19.4. The van der Waals surface area contributed by atoms with Crippen LogP contribution in [0.1, 0.15) is 11.4 Å². The van der Waals surface area contributed by atoms with E-state index < -0.39 is 24.6 Å². The first-order valence-electron chi connectivity index (χ1n) is 9.84. The number of ether oxygens (including phenoxy) is 2. The minimum absolute atomic E-state index is 0.0200. The fourth-order valence-electron chi connectivity index (χ4n) is 3.42. The molecule has 0 saturated carbocycles. The zero-order valence-corrected chi connectivity index (χ0v) is 17.9. The Morgan fingerprint density at radius 2 is 1.76 bits per heavy atom. The number of aromatic nitrogens is 2. The fourth-order valence-corrected chi connectivity index (χ4v) is 3.42. The second-order valence-corrected chi connectivity index (χ2v) is 7.22. The molecule has 1 heterocycles. The van der Waals surface area contributed by atoms with E-state index >= 15 is 0 Å². The van der Waals surface area contributed by atoms with E-state index in [-0.39, 0.29) is 17.9 Å². The molecule has 0 saturated heterocycles. The summed E-state index contributed by atoms with van der Waals surface area (Å²) in [5, 5.41) is 9.16. The Balaban J connectivity index is 2.22. The SMILES string of the molecule is COc1cccc(OC)c1-c1ccc(C[C@H](N)C(=O)O)cc1-c1ccnc(CC(F)(F)F)n1. The molecule has 3 N–H and O–H groups in total. The van der Waals surface area contributed by atoms with E-state index in [0.717, 1.165) is 0 Å². The molecule has 174 valence electrons. The summed E-state index contributed by atoms with van der Waals surface area (Å²) in [6.45, 7) is 0. The van der Waals surface area contributed by atoms with E-state index in [4.69, 9.17) is 20.3 Å². The van der Waals surface area contributed by atoms with Crippen molar-refractivity contribution in [1.29, 1.82) is 0 Å². The number of nitrogens with zero attached hydrogens (tertiary/aromatic N) is 2. The number of rotatable bonds is 8. The molecule has 0 aliphatic rings. The van der Waals surface area contributed by atoms with E-state index in [9.17, 15) is 18.0 Å². The average molecular weight is 461 g/mol. The van der Waals surface area contributed by atoms with Crippen LogP contribution in [0.2, 0.25) is 0 Å². The normalized spacial score (nSPS) is 12.3. The third kappa shape index (κ3) is 5.78. The summed E-state index contributed by atoms with van der Waals surface area (Å²) in [6, 6.07) is 10.6. The van der Waals surface area contributed by atoms with E-state index in [0.29, 0.717) is 33.8 Å². The lowest BCUT2D eigenvalue weighted by molar-refractivity contribution is -0.138. The molecule has 3 aromatic rings. The Bertz CT molecular complexity index is 1130. The third-order valence-corrected chi connectivity index (χ3v) is 4.89. The van der Waals surface area contributed by atoms with E-state index in [2.05, 4.69) is 9.97 Å². The van der Waals surface area contributed by atoms with Crippen molar-refractivity contribution in [2.24, 2.45) is 5.73 Å². The molecule has 0 amide bonds. The molecule has 1 atom stereocenters. The lowest BCUT2D eigenvalue weighted by atomic mass is 9.92. The van der Waals surface area contributed by atoms with Gasteiger partial charge >= 0.3 is 12.1 Å². The van der Waals surface area contributed by atoms with Crippen LogP contribution in [0.3, 0.4) is 0 Å².